The van der Waals surface area contributed by atoms with Crippen LogP contribution in [-0.4, -0.2) is 23.5 Å². The lowest BCUT2D eigenvalue weighted by Crippen LogP contribution is -2.32. The van der Waals surface area contributed by atoms with Gasteiger partial charge in [-0.3, -0.25) is 4.90 Å². The van der Waals surface area contributed by atoms with Gasteiger partial charge in [-0.25, -0.2) is 0 Å². The minimum absolute atomic E-state index is 0.179. The van der Waals surface area contributed by atoms with Crippen molar-refractivity contribution >= 4 is 0 Å². The molecule has 1 aliphatic carbocycles. The normalized spacial score (nSPS) is 32.8. The van der Waals surface area contributed by atoms with Gasteiger partial charge < -0.3 is 5.73 Å². The average Bonchev–Trinajstić information content (AvgIpc) is 2.63. The van der Waals surface area contributed by atoms with E-state index in [9.17, 15) is 0 Å². The van der Waals surface area contributed by atoms with Crippen LogP contribution in [0.15, 0.2) is 18.2 Å². The maximum absolute atomic E-state index is 6.21. The van der Waals surface area contributed by atoms with Crippen LogP contribution in [-0.2, 0) is 6.54 Å². The van der Waals surface area contributed by atoms with E-state index in [4.69, 9.17) is 5.73 Å². The van der Waals surface area contributed by atoms with Gasteiger partial charge in [-0.15, -0.1) is 0 Å². The molecule has 1 saturated carbocycles. The van der Waals surface area contributed by atoms with Crippen molar-refractivity contribution in [3.8, 4) is 0 Å². The van der Waals surface area contributed by atoms with Gasteiger partial charge in [0.15, 0.2) is 0 Å². The van der Waals surface area contributed by atoms with Crippen molar-refractivity contribution in [1.82, 2.24) is 4.90 Å². The molecular formula is C14H20N2. The van der Waals surface area contributed by atoms with Gasteiger partial charge in [0, 0.05) is 25.2 Å². The Morgan fingerprint density at radius 3 is 2.56 bits per heavy atom. The van der Waals surface area contributed by atoms with Crippen LogP contribution in [0.4, 0.5) is 0 Å². The van der Waals surface area contributed by atoms with Crippen LogP contribution in [0.3, 0.4) is 0 Å². The number of hydrogen-bond donors (Lipinski definition) is 1. The lowest BCUT2D eigenvalue weighted by atomic mass is 10.1. The Bertz CT molecular complexity index is 406. The highest BCUT2D eigenvalue weighted by Crippen LogP contribution is 2.47. The number of nitrogens with two attached hydrogens (primary N) is 1. The molecule has 1 saturated heterocycles. The zero-order valence-electron chi connectivity index (χ0n) is 10.2. The van der Waals surface area contributed by atoms with E-state index >= 15 is 0 Å². The predicted octanol–water partition coefficient (Wildman–Crippen LogP) is 1.84. The number of aryl methyl sites for hydroxylation is 2. The SMILES string of the molecule is Cc1cc(C)cc(CN2C[C@@H]3C[C@]3(N)C2)c1. The van der Waals surface area contributed by atoms with E-state index < -0.39 is 0 Å². The number of piperidine rings is 1. The molecule has 86 valence electrons. The summed E-state index contributed by atoms with van der Waals surface area (Å²) in [6.45, 7) is 7.69. The molecule has 1 heterocycles. The summed E-state index contributed by atoms with van der Waals surface area (Å²) >= 11 is 0. The largest absolute Gasteiger partial charge is 0.324 e. The molecular weight excluding hydrogens is 196 g/mol. The van der Waals surface area contributed by atoms with E-state index in [0.717, 1.165) is 19.0 Å². The molecule has 3 rings (SSSR count). The lowest BCUT2D eigenvalue weighted by molar-refractivity contribution is 0.290. The number of benzene rings is 1. The summed E-state index contributed by atoms with van der Waals surface area (Å²) in [5.41, 5.74) is 10.6. The number of nitrogens with zero attached hydrogens (tertiary/aromatic N) is 1. The number of likely N-dealkylation sites (tertiary alicyclic amines) is 1. The monoisotopic (exact) mass is 216 g/mol. The zero-order valence-corrected chi connectivity index (χ0v) is 10.2. The van der Waals surface area contributed by atoms with Crippen molar-refractivity contribution in [3.05, 3.63) is 34.9 Å². The average molecular weight is 216 g/mol. The van der Waals surface area contributed by atoms with Crippen LogP contribution in [0.2, 0.25) is 0 Å². The molecule has 1 aliphatic heterocycles. The van der Waals surface area contributed by atoms with Crippen molar-refractivity contribution < 1.29 is 0 Å². The number of hydrogen-bond acceptors (Lipinski definition) is 2. The maximum atomic E-state index is 6.21. The summed E-state index contributed by atoms with van der Waals surface area (Å²) in [5.74, 6) is 0.776. The Morgan fingerprint density at radius 2 is 2.00 bits per heavy atom. The van der Waals surface area contributed by atoms with Crippen molar-refractivity contribution in [2.24, 2.45) is 11.7 Å². The second kappa shape index (κ2) is 3.31. The molecule has 0 bridgehead atoms. The maximum Gasteiger partial charge on any atom is 0.0328 e. The summed E-state index contributed by atoms with van der Waals surface area (Å²) in [6.07, 6.45) is 1.25. The van der Waals surface area contributed by atoms with Crippen LogP contribution in [0.1, 0.15) is 23.1 Å². The first-order valence-electron chi connectivity index (χ1n) is 6.14. The highest BCUT2D eigenvalue weighted by Gasteiger charge is 2.56. The van der Waals surface area contributed by atoms with Crippen LogP contribution in [0.25, 0.3) is 0 Å². The van der Waals surface area contributed by atoms with Crippen molar-refractivity contribution in [1.29, 1.82) is 0 Å². The Hall–Kier alpha value is -0.860. The standard InChI is InChI=1S/C14H20N2/c1-10-3-11(2)5-12(4-10)7-16-8-13-6-14(13,15)9-16/h3-5,13H,6-9,15H2,1-2H3/t13-,14-/m0/s1. The smallest absolute Gasteiger partial charge is 0.0328 e. The quantitative estimate of drug-likeness (QED) is 0.817. The Labute approximate surface area is 97.4 Å². The molecule has 2 nitrogen and oxygen atoms in total. The fraction of sp³-hybridized carbons (Fsp3) is 0.571. The van der Waals surface area contributed by atoms with Crippen molar-refractivity contribution in [2.45, 2.75) is 32.4 Å². The van der Waals surface area contributed by atoms with Gasteiger partial charge in [0.05, 0.1) is 0 Å². The molecule has 2 atom stereocenters. The highest BCUT2D eigenvalue weighted by molar-refractivity contribution is 5.29. The summed E-state index contributed by atoms with van der Waals surface area (Å²) in [7, 11) is 0. The van der Waals surface area contributed by atoms with E-state index in [2.05, 4.69) is 36.9 Å². The van der Waals surface area contributed by atoms with Crippen molar-refractivity contribution in [3.63, 3.8) is 0 Å². The second-order valence-corrected chi connectivity index (χ2v) is 5.80. The van der Waals surface area contributed by atoms with Gasteiger partial charge in [-0.05, 0) is 31.7 Å². The first-order chi connectivity index (χ1) is 7.55. The summed E-state index contributed by atoms with van der Waals surface area (Å²) in [6, 6.07) is 6.82. The highest BCUT2D eigenvalue weighted by atomic mass is 15.2. The summed E-state index contributed by atoms with van der Waals surface area (Å²) < 4.78 is 0. The third-order valence-electron chi connectivity index (χ3n) is 3.96. The lowest BCUT2D eigenvalue weighted by Gasteiger charge is -2.19. The molecule has 1 aromatic carbocycles. The van der Waals surface area contributed by atoms with E-state index in [0.29, 0.717) is 0 Å². The summed E-state index contributed by atoms with van der Waals surface area (Å²) in [4.78, 5) is 2.50. The van der Waals surface area contributed by atoms with Gasteiger partial charge in [0.25, 0.3) is 0 Å². The third-order valence-corrected chi connectivity index (χ3v) is 3.96. The first-order valence-corrected chi connectivity index (χ1v) is 6.14. The van der Waals surface area contributed by atoms with Crippen LogP contribution >= 0.6 is 0 Å². The summed E-state index contributed by atoms with van der Waals surface area (Å²) in [5, 5.41) is 0. The Balaban J connectivity index is 1.70. The molecule has 2 aliphatic rings. The molecule has 1 aromatic rings. The van der Waals surface area contributed by atoms with Crippen LogP contribution < -0.4 is 5.73 Å². The second-order valence-electron chi connectivity index (χ2n) is 5.80. The molecule has 0 radical (unpaired) electrons. The van der Waals surface area contributed by atoms with Crippen LogP contribution in [0, 0.1) is 19.8 Å². The minimum atomic E-state index is 0.179. The molecule has 0 amide bonds. The fourth-order valence-electron chi connectivity index (χ4n) is 3.17. The Morgan fingerprint density at radius 1 is 1.31 bits per heavy atom. The van der Waals surface area contributed by atoms with E-state index in [1.807, 2.05) is 0 Å². The van der Waals surface area contributed by atoms with Gasteiger partial charge in [-0.2, -0.15) is 0 Å². The van der Waals surface area contributed by atoms with E-state index in [1.54, 1.807) is 0 Å². The molecule has 2 N–H and O–H groups in total. The molecule has 2 heteroatoms. The number of fused-ring (bicyclic) bond motifs is 1. The van der Waals surface area contributed by atoms with E-state index in [1.165, 1.54) is 29.7 Å². The van der Waals surface area contributed by atoms with E-state index in [-0.39, 0.29) is 5.54 Å². The minimum Gasteiger partial charge on any atom is -0.324 e. The predicted molar refractivity (Wildman–Crippen MR) is 66.2 cm³/mol. The fourth-order valence-corrected chi connectivity index (χ4v) is 3.17. The molecule has 16 heavy (non-hydrogen) atoms. The molecule has 0 spiro atoms. The van der Waals surface area contributed by atoms with Crippen molar-refractivity contribution in [2.75, 3.05) is 13.1 Å². The molecule has 2 fully saturated rings. The van der Waals surface area contributed by atoms with Crippen LogP contribution in [0.5, 0.6) is 0 Å². The van der Waals surface area contributed by atoms with Gasteiger partial charge in [0.2, 0.25) is 0 Å². The van der Waals surface area contributed by atoms with Gasteiger partial charge in [-0.1, -0.05) is 29.3 Å². The third kappa shape index (κ3) is 1.76. The Kier molecular flexibility index (Phi) is 2.13. The molecule has 0 unspecified atom stereocenters. The van der Waals surface area contributed by atoms with Gasteiger partial charge in [0.1, 0.15) is 0 Å². The number of rotatable bonds is 2. The first kappa shape index (κ1) is 10.3. The zero-order chi connectivity index (χ0) is 11.3. The van der Waals surface area contributed by atoms with Gasteiger partial charge >= 0.3 is 0 Å². The molecule has 0 aromatic heterocycles. The topological polar surface area (TPSA) is 29.3 Å².